The van der Waals surface area contributed by atoms with Gasteiger partial charge in [0.25, 0.3) is 0 Å². The van der Waals surface area contributed by atoms with E-state index in [4.69, 9.17) is 18.9 Å². The van der Waals surface area contributed by atoms with Crippen molar-refractivity contribution in [2.45, 2.75) is 13.2 Å². The van der Waals surface area contributed by atoms with E-state index >= 15 is 0 Å². The summed E-state index contributed by atoms with van der Waals surface area (Å²) < 4.78 is 20.9. The van der Waals surface area contributed by atoms with E-state index < -0.39 is 23.9 Å². The maximum absolute atomic E-state index is 12.7. The fraction of sp³-hybridized carbons (Fsp3) is 0.133. The molecule has 38 heavy (non-hydrogen) atoms. The summed E-state index contributed by atoms with van der Waals surface area (Å²) in [5.74, 6) is -2.69. The van der Waals surface area contributed by atoms with Gasteiger partial charge in [-0.2, -0.15) is 0 Å². The van der Waals surface area contributed by atoms with Crippen LogP contribution < -0.4 is 0 Å². The fourth-order valence-electron chi connectivity index (χ4n) is 3.37. The molecule has 0 spiro atoms. The molecule has 0 aliphatic rings. The zero-order valence-corrected chi connectivity index (χ0v) is 20.6. The summed E-state index contributed by atoms with van der Waals surface area (Å²) in [4.78, 5) is 49.8. The standard InChI is InChI=1S/C30H26O8/c1-3-16-35-27(31)23-12-5-7-14-25(23)29(33)37-19-21-10-9-11-22(18-21)20-38-30(34)26-15-8-6-13-24(26)28(32)36-17-4-2/h3-15,18H,1-2,16-17,19-20H2. The van der Waals surface area contributed by atoms with Crippen molar-refractivity contribution in [2.24, 2.45) is 0 Å². The van der Waals surface area contributed by atoms with Crippen molar-refractivity contribution in [1.82, 2.24) is 0 Å². The Hall–Kier alpha value is -4.98. The summed E-state index contributed by atoms with van der Waals surface area (Å²) in [6, 6.07) is 19.3. The van der Waals surface area contributed by atoms with Crippen LogP contribution in [-0.4, -0.2) is 37.1 Å². The van der Waals surface area contributed by atoms with E-state index in [0.717, 1.165) is 0 Å². The first kappa shape index (κ1) is 27.6. The summed E-state index contributed by atoms with van der Waals surface area (Å²) >= 11 is 0. The van der Waals surface area contributed by atoms with Crippen LogP contribution in [0.4, 0.5) is 0 Å². The van der Waals surface area contributed by atoms with Gasteiger partial charge in [-0.05, 0) is 41.5 Å². The van der Waals surface area contributed by atoms with E-state index in [0.29, 0.717) is 11.1 Å². The highest BCUT2D eigenvalue weighted by Gasteiger charge is 2.20. The Morgan fingerprint density at radius 1 is 0.526 bits per heavy atom. The first-order chi connectivity index (χ1) is 18.4. The highest BCUT2D eigenvalue weighted by Crippen LogP contribution is 2.16. The second-order valence-electron chi connectivity index (χ2n) is 7.84. The topological polar surface area (TPSA) is 105 Å². The average Bonchev–Trinajstić information content (AvgIpc) is 2.96. The van der Waals surface area contributed by atoms with Crippen LogP contribution in [0.5, 0.6) is 0 Å². The van der Waals surface area contributed by atoms with E-state index in [-0.39, 0.29) is 48.7 Å². The lowest BCUT2D eigenvalue weighted by Gasteiger charge is -2.11. The van der Waals surface area contributed by atoms with Crippen molar-refractivity contribution >= 4 is 23.9 Å². The van der Waals surface area contributed by atoms with Crippen LogP contribution in [0, 0.1) is 0 Å². The molecule has 8 heteroatoms. The van der Waals surface area contributed by atoms with E-state index in [9.17, 15) is 19.2 Å². The van der Waals surface area contributed by atoms with Crippen LogP contribution in [0.15, 0.2) is 98.1 Å². The van der Waals surface area contributed by atoms with Crippen molar-refractivity contribution in [2.75, 3.05) is 13.2 Å². The molecule has 0 aliphatic carbocycles. The van der Waals surface area contributed by atoms with E-state index in [1.165, 1.54) is 36.4 Å². The number of carbonyl (C=O) groups excluding carboxylic acids is 4. The molecule has 0 N–H and O–H groups in total. The van der Waals surface area contributed by atoms with Gasteiger partial charge in [0.05, 0.1) is 22.3 Å². The van der Waals surface area contributed by atoms with Gasteiger partial charge in [0.2, 0.25) is 0 Å². The summed E-state index contributed by atoms with van der Waals surface area (Å²) in [6.45, 7) is 6.88. The highest BCUT2D eigenvalue weighted by atomic mass is 16.5. The van der Waals surface area contributed by atoms with Crippen LogP contribution >= 0.6 is 0 Å². The maximum atomic E-state index is 12.7. The Bertz CT molecular complexity index is 1240. The number of ether oxygens (including phenoxy) is 4. The van der Waals surface area contributed by atoms with Crippen LogP contribution in [0.2, 0.25) is 0 Å². The summed E-state index contributed by atoms with van der Waals surface area (Å²) in [5, 5.41) is 0. The zero-order chi connectivity index (χ0) is 27.3. The molecule has 0 saturated heterocycles. The van der Waals surface area contributed by atoms with Gasteiger partial charge in [-0.3, -0.25) is 0 Å². The van der Waals surface area contributed by atoms with E-state index in [1.807, 2.05) is 0 Å². The molecular formula is C30H26O8. The van der Waals surface area contributed by atoms with Crippen molar-refractivity contribution in [3.05, 3.63) is 131 Å². The maximum Gasteiger partial charge on any atom is 0.339 e. The molecule has 0 radical (unpaired) electrons. The van der Waals surface area contributed by atoms with Crippen LogP contribution in [0.3, 0.4) is 0 Å². The monoisotopic (exact) mass is 514 g/mol. The lowest BCUT2D eigenvalue weighted by molar-refractivity contribution is 0.0446. The van der Waals surface area contributed by atoms with Crippen LogP contribution in [0.25, 0.3) is 0 Å². The molecule has 3 rings (SSSR count). The first-order valence-electron chi connectivity index (χ1n) is 11.6. The van der Waals surface area contributed by atoms with Gasteiger partial charge in [-0.25, -0.2) is 19.2 Å². The number of benzene rings is 3. The minimum Gasteiger partial charge on any atom is -0.458 e. The smallest absolute Gasteiger partial charge is 0.339 e. The summed E-state index contributed by atoms with van der Waals surface area (Å²) in [7, 11) is 0. The molecule has 0 amide bonds. The van der Waals surface area contributed by atoms with E-state index in [1.54, 1.807) is 48.5 Å². The van der Waals surface area contributed by atoms with Crippen LogP contribution in [0.1, 0.15) is 52.6 Å². The molecule has 0 aliphatic heterocycles. The number of esters is 4. The third-order valence-electron chi connectivity index (χ3n) is 5.13. The Balaban J connectivity index is 1.62. The third kappa shape index (κ3) is 7.51. The second kappa shape index (κ2) is 13.9. The molecule has 0 aromatic heterocycles. The van der Waals surface area contributed by atoms with Gasteiger partial charge >= 0.3 is 23.9 Å². The fourth-order valence-corrected chi connectivity index (χ4v) is 3.37. The normalized spacial score (nSPS) is 10.1. The first-order valence-corrected chi connectivity index (χ1v) is 11.6. The molecular weight excluding hydrogens is 488 g/mol. The van der Waals surface area contributed by atoms with Gasteiger partial charge in [-0.1, -0.05) is 67.8 Å². The molecule has 8 nitrogen and oxygen atoms in total. The molecule has 0 saturated carbocycles. The molecule has 0 heterocycles. The summed E-state index contributed by atoms with van der Waals surface area (Å²) in [5.41, 5.74) is 1.63. The van der Waals surface area contributed by atoms with Gasteiger partial charge in [0, 0.05) is 0 Å². The number of hydrogen-bond acceptors (Lipinski definition) is 8. The molecule has 3 aromatic carbocycles. The van der Waals surface area contributed by atoms with Gasteiger partial charge in [0.1, 0.15) is 26.4 Å². The van der Waals surface area contributed by atoms with Crippen molar-refractivity contribution in [1.29, 1.82) is 0 Å². The summed E-state index contributed by atoms with van der Waals surface area (Å²) in [6.07, 6.45) is 2.86. The van der Waals surface area contributed by atoms with E-state index in [2.05, 4.69) is 13.2 Å². The molecule has 0 bridgehead atoms. The number of rotatable bonds is 12. The predicted octanol–water partition coefficient (Wildman–Crippen LogP) is 5.09. The van der Waals surface area contributed by atoms with Gasteiger partial charge < -0.3 is 18.9 Å². The Morgan fingerprint density at radius 2 is 0.868 bits per heavy atom. The van der Waals surface area contributed by atoms with Crippen molar-refractivity contribution in [3.8, 4) is 0 Å². The predicted molar refractivity (Wildman–Crippen MR) is 139 cm³/mol. The third-order valence-corrected chi connectivity index (χ3v) is 5.13. The lowest BCUT2D eigenvalue weighted by atomic mass is 10.1. The Morgan fingerprint density at radius 3 is 1.21 bits per heavy atom. The lowest BCUT2D eigenvalue weighted by Crippen LogP contribution is -2.14. The van der Waals surface area contributed by atoms with Crippen molar-refractivity contribution in [3.63, 3.8) is 0 Å². The zero-order valence-electron chi connectivity index (χ0n) is 20.6. The largest absolute Gasteiger partial charge is 0.458 e. The molecule has 0 unspecified atom stereocenters. The minimum absolute atomic E-state index is 0.0184. The molecule has 3 aromatic rings. The minimum atomic E-state index is -0.687. The SMILES string of the molecule is C=CCOC(=O)c1ccccc1C(=O)OCc1cccc(COC(=O)c2ccccc2C(=O)OCC=C)c1. The Kier molecular flexibility index (Phi) is 10.1. The quantitative estimate of drug-likeness (QED) is 0.187. The second-order valence-corrected chi connectivity index (χ2v) is 7.84. The Labute approximate surface area is 220 Å². The average molecular weight is 515 g/mol. The van der Waals surface area contributed by atoms with Gasteiger partial charge in [-0.15, -0.1) is 0 Å². The van der Waals surface area contributed by atoms with Gasteiger partial charge in [0.15, 0.2) is 0 Å². The number of hydrogen-bond donors (Lipinski definition) is 0. The molecule has 0 fully saturated rings. The van der Waals surface area contributed by atoms with Crippen LogP contribution in [-0.2, 0) is 32.2 Å². The van der Waals surface area contributed by atoms with Crippen molar-refractivity contribution < 1.29 is 38.1 Å². The number of carbonyl (C=O) groups is 4. The molecule has 194 valence electrons. The highest BCUT2D eigenvalue weighted by molar-refractivity contribution is 6.03. The molecule has 0 atom stereocenters.